The minimum absolute atomic E-state index is 0.295. The highest BCUT2D eigenvalue weighted by atomic mass is 16.2. The molecule has 2 amide bonds. The van der Waals surface area contributed by atoms with Gasteiger partial charge in [0.2, 0.25) is 0 Å². The lowest BCUT2D eigenvalue weighted by molar-refractivity contribution is 0.262. The Morgan fingerprint density at radius 2 is 1.68 bits per heavy atom. The Morgan fingerprint density at radius 1 is 1.00 bits per heavy atom. The first-order chi connectivity index (χ1) is 13.7. The highest BCUT2D eigenvalue weighted by Crippen LogP contribution is 2.32. The predicted molar refractivity (Wildman–Crippen MR) is 112 cm³/mol. The number of fused-ring (bicyclic) bond motifs is 1. The van der Waals surface area contributed by atoms with Crippen LogP contribution in [0, 0.1) is 0 Å². The number of rotatable bonds is 4. The number of nitrogens with one attached hydrogen (secondary N) is 2. The fraction of sp³-hybridized carbons (Fsp3) is 0.0952. The second-order valence-corrected chi connectivity index (χ2v) is 6.30. The number of nitrogens with zero attached hydrogens (tertiary/aromatic N) is 3. The molecule has 0 aliphatic carbocycles. The number of nitrogens with two attached hydrogens (primary N) is 1. The molecule has 0 aliphatic rings. The van der Waals surface area contributed by atoms with Crippen LogP contribution in [-0.4, -0.2) is 20.8 Å². The van der Waals surface area contributed by atoms with E-state index in [1.807, 2.05) is 66.2 Å². The zero-order valence-corrected chi connectivity index (χ0v) is 15.4. The van der Waals surface area contributed by atoms with Crippen molar-refractivity contribution in [2.24, 2.45) is 0 Å². The van der Waals surface area contributed by atoms with Crippen molar-refractivity contribution in [2.45, 2.75) is 13.5 Å². The minimum atomic E-state index is -0.295. The number of benzene rings is 2. The molecule has 0 aliphatic heterocycles. The van der Waals surface area contributed by atoms with Gasteiger partial charge in [-0.05, 0) is 36.8 Å². The van der Waals surface area contributed by atoms with Crippen LogP contribution in [0.1, 0.15) is 6.92 Å². The quantitative estimate of drug-likeness (QED) is 0.496. The Labute approximate surface area is 162 Å². The summed E-state index contributed by atoms with van der Waals surface area (Å²) >= 11 is 0. The van der Waals surface area contributed by atoms with E-state index in [1.54, 1.807) is 12.4 Å². The third-order valence-electron chi connectivity index (χ3n) is 4.47. The van der Waals surface area contributed by atoms with Crippen LogP contribution in [0.15, 0.2) is 67.0 Å². The van der Waals surface area contributed by atoms with Crippen LogP contribution in [0.4, 0.5) is 22.0 Å². The van der Waals surface area contributed by atoms with Gasteiger partial charge in [-0.1, -0.05) is 30.3 Å². The second kappa shape index (κ2) is 7.40. The van der Waals surface area contributed by atoms with Crippen molar-refractivity contribution in [2.75, 3.05) is 16.4 Å². The average molecular weight is 372 g/mol. The number of carbonyl (C=O) groups is 1. The lowest BCUT2D eigenvalue weighted by Gasteiger charge is -2.09. The molecule has 0 bridgehead atoms. The smallest absolute Gasteiger partial charge is 0.323 e. The van der Waals surface area contributed by atoms with Crippen molar-refractivity contribution < 1.29 is 4.79 Å². The van der Waals surface area contributed by atoms with Crippen molar-refractivity contribution in [3.8, 4) is 11.1 Å². The number of pyridine rings is 1. The standard InChI is InChI=1S/C21H20N6O/c1-2-27-18-13-23-12-17(19(18)20(22)26-27)14-8-10-16(11-9-14)25-21(28)24-15-6-4-3-5-7-15/h3-13H,2H2,1H3,(H2,22,26)(H2,24,25,28). The topological polar surface area (TPSA) is 97.9 Å². The van der Waals surface area contributed by atoms with E-state index >= 15 is 0 Å². The number of carbonyl (C=O) groups excluding carboxylic acids is 1. The van der Waals surface area contributed by atoms with Crippen molar-refractivity contribution in [3.05, 3.63) is 67.0 Å². The summed E-state index contributed by atoms with van der Waals surface area (Å²) in [6, 6.07) is 16.5. The van der Waals surface area contributed by atoms with Gasteiger partial charge in [-0.15, -0.1) is 0 Å². The molecule has 7 nitrogen and oxygen atoms in total. The monoisotopic (exact) mass is 372 g/mol. The van der Waals surface area contributed by atoms with Crippen LogP contribution in [-0.2, 0) is 6.54 Å². The summed E-state index contributed by atoms with van der Waals surface area (Å²) in [5, 5.41) is 10.9. The van der Waals surface area contributed by atoms with Crippen LogP contribution >= 0.6 is 0 Å². The average Bonchev–Trinajstić information content (AvgIpc) is 3.05. The third kappa shape index (κ3) is 3.37. The van der Waals surface area contributed by atoms with Gasteiger partial charge in [0, 0.05) is 29.7 Å². The molecule has 0 unspecified atom stereocenters. The van der Waals surface area contributed by atoms with Crippen LogP contribution in [0.2, 0.25) is 0 Å². The zero-order valence-electron chi connectivity index (χ0n) is 15.4. The molecular formula is C21H20N6O. The molecule has 28 heavy (non-hydrogen) atoms. The summed E-state index contributed by atoms with van der Waals surface area (Å²) in [6.45, 7) is 2.73. The van der Waals surface area contributed by atoms with Crippen molar-refractivity contribution in [3.63, 3.8) is 0 Å². The molecule has 0 spiro atoms. The van der Waals surface area contributed by atoms with Gasteiger partial charge < -0.3 is 16.4 Å². The number of hydrogen-bond donors (Lipinski definition) is 3. The van der Waals surface area contributed by atoms with E-state index in [1.165, 1.54) is 0 Å². The summed E-state index contributed by atoms with van der Waals surface area (Å²) in [5.74, 6) is 0.485. The normalized spacial score (nSPS) is 10.8. The molecule has 2 aromatic carbocycles. The maximum absolute atomic E-state index is 12.1. The molecule has 4 rings (SSSR count). The number of urea groups is 1. The molecule has 0 atom stereocenters. The zero-order chi connectivity index (χ0) is 19.5. The van der Waals surface area contributed by atoms with E-state index in [0.717, 1.165) is 34.3 Å². The molecule has 2 aromatic heterocycles. The fourth-order valence-electron chi connectivity index (χ4n) is 3.16. The Kier molecular flexibility index (Phi) is 4.63. The van der Waals surface area contributed by atoms with E-state index in [0.29, 0.717) is 11.5 Å². The molecule has 0 fully saturated rings. The molecule has 4 aromatic rings. The van der Waals surface area contributed by atoms with Gasteiger partial charge in [0.05, 0.1) is 17.1 Å². The molecule has 4 N–H and O–H groups in total. The van der Waals surface area contributed by atoms with Gasteiger partial charge in [-0.2, -0.15) is 5.10 Å². The van der Waals surface area contributed by atoms with E-state index in [9.17, 15) is 4.79 Å². The largest absolute Gasteiger partial charge is 0.382 e. The molecule has 0 radical (unpaired) electrons. The van der Waals surface area contributed by atoms with Crippen molar-refractivity contribution in [1.82, 2.24) is 14.8 Å². The SMILES string of the molecule is CCn1nc(N)c2c(-c3ccc(NC(=O)Nc4ccccc4)cc3)cncc21. The van der Waals surface area contributed by atoms with Gasteiger partial charge in [-0.3, -0.25) is 9.67 Å². The summed E-state index contributed by atoms with van der Waals surface area (Å²) in [4.78, 5) is 16.5. The maximum Gasteiger partial charge on any atom is 0.323 e. The number of amides is 2. The predicted octanol–water partition coefficient (Wildman–Crippen LogP) is 4.34. The molecular weight excluding hydrogens is 352 g/mol. The first kappa shape index (κ1) is 17.5. The Bertz CT molecular complexity index is 1120. The lowest BCUT2D eigenvalue weighted by Crippen LogP contribution is -2.19. The number of nitrogen functional groups attached to an aromatic ring is 1. The van der Waals surface area contributed by atoms with E-state index < -0.39 is 0 Å². The number of aromatic nitrogens is 3. The summed E-state index contributed by atoms with van der Waals surface area (Å²) in [6.07, 6.45) is 3.56. The molecule has 140 valence electrons. The summed E-state index contributed by atoms with van der Waals surface area (Å²) < 4.78 is 1.84. The summed E-state index contributed by atoms with van der Waals surface area (Å²) in [7, 11) is 0. The van der Waals surface area contributed by atoms with E-state index in [-0.39, 0.29) is 6.03 Å². The maximum atomic E-state index is 12.1. The van der Waals surface area contributed by atoms with Crippen molar-refractivity contribution >= 4 is 34.1 Å². The van der Waals surface area contributed by atoms with Gasteiger partial charge in [-0.25, -0.2) is 4.79 Å². The number of aryl methyl sites for hydroxylation is 1. The van der Waals surface area contributed by atoms with Gasteiger partial charge in [0.25, 0.3) is 0 Å². The van der Waals surface area contributed by atoms with Crippen LogP contribution in [0.25, 0.3) is 22.0 Å². The lowest BCUT2D eigenvalue weighted by atomic mass is 10.0. The van der Waals surface area contributed by atoms with Crippen LogP contribution in [0.3, 0.4) is 0 Å². The first-order valence-corrected chi connectivity index (χ1v) is 8.99. The van der Waals surface area contributed by atoms with Gasteiger partial charge in [0.15, 0.2) is 5.82 Å². The van der Waals surface area contributed by atoms with E-state index in [2.05, 4.69) is 20.7 Å². The summed E-state index contributed by atoms with van der Waals surface area (Å²) in [5.41, 5.74) is 10.3. The Morgan fingerprint density at radius 3 is 2.36 bits per heavy atom. The fourth-order valence-corrected chi connectivity index (χ4v) is 3.16. The number of hydrogen-bond acceptors (Lipinski definition) is 4. The van der Waals surface area contributed by atoms with Gasteiger partial charge in [0.1, 0.15) is 0 Å². The molecule has 2 heterocycles. The van der Waals surface area contributed by atoms with Crippen LogP contribution in [0.5, 0.6) is 0 Å². The molecule has 0 saturated heterocycles. The van der Waals surface area contributed by atoms with Crippen molar-refractivity contribution in [1.29, 1.82) is 0 Å². The Balaban J connectivity index is 1.56. The highest BCUT2D eigenvalue weighted by Gasteiger charge is 2.13. The Hall–Kier alpha value is -3.87. The first-order valence-electron chi connectivity index (χ1n) is 8.99. The second-order valence-electron chi connectivity index (χ2n) is 6.30. The molecule has 0 saturated carbocycles. The highest BCUT2D eigenvalue weighted by molar-refractivity contribution is 6.02. The van der Waals surface area contributed by atoms with Gasteiger partial charge >= 0.3 is 6.03 Å². The third-order valence-corrected chi connectivity index (χ3v) is 4.47. The minimum Gasteiger partial charge on any atom is -0.382 e. The number of anilines is 3. The molecule has 7 heteroatoms. The van der Waals surface area contributed by atoms with Crippen LogP contribution < -0.4 is 16.4 Å². The van der Waals surface area contributed by atoms with E-state index in [4.69, 9.17) is 5.73 Å². The number of para-hydroxylation sites is 1.